The molecular formula is C35H54O14. The van der Waals surface area contributed by atoms with Crippen molar-refractivity contribution in [2.45, 2.75) is 151 Å². The summed E-state index contributed by atoms with van der Waals surface area (Å²) in [5.74, 6) is -0.0892. The largest absolute Gasteiger partial charge is 0.458 e. The van der Waals surface area contributed by atoms with Crippen molar-refractivity contribution in [1.29, 1.82) is 0 Å². The quantitative estimate of drug-likeness (QED) is 0.126. The van der Waals surface area contributed by atoms with Crippen molar-refractivity contribution >= 4 is 5.97 Å². The van der Waals surface area contributed by atoms with E-state index in [1.54, 1.807) is 13.0 Å². The average molecular weight is 699 g/mol. The van der Waals surface area contributed by atoms with Crippen LogP contribution in [0.25, 0.3) is 0 Å². The average Bonchev–Trinajstić information content (AvgIpc) is 3.61. The maximum atomic E-state index is 12.5. The summed E-state index contributed by atoms with van der Waals surface area (Å²) in [4.78, 5) is 11.9. The van der Waals surface area contributed by atoms with Gasteiger partial charge in [0, 0.05) is 17.9 Å². The van der Waals surface area contributed by atoms with Crippen LogP contribution >= 0.6 is 0 Å². The third-order valence-corrected chi connectivity index (χ3v) is 14.3. The molecule has 6 fully saturated rings. The molecule has 8 N–H and O–H groups in total. The van der Waals surface area contributed by atoms with Gasteiger partial charge in [0.1, 0.15) is 49.3 Å². The molecule has 4 aliphatic carbocycles. The van der Waals surface area contributed by atoms with Crippen LogP contribution in [0.4, 0.5) is 0 Å². The topological polar surface area (TPSA) is 225 Å². The van der Waals surface area contributed by atoms with Gasteiger partial charge in [-0.3, -0.25) is 0 Å². The van der Waals surface area contributed by atoms with Crippen LogP contribution in [0, 0.1) is 34.5 Å². The fourth-order valence-electron chi connectivity index (χ4n) is 11.3. The van der Waals surface area contributed by atoms with Crippen LogP contribution in [-0.4, -0.2) is 139 Å². The lowest BCUT2D eigenvalue weighted by molar-refractivity contribution is -0.371. The minimum Gasteiger partial charge on any atom is -0.458 e. The smallest absolute Gasteiger partial charge is 0.331 e. The highest BCUT2D eigenvalue weighted by atomic mass is 16.8. The van der Waals surface area contributed by atoms with E-state index in [2.05, 4.69) is 13.8 Å². The summed E-state index contributed by atoms with van der Waals surface area (Å²) >= 11 is 0. The van der Waals surface area contributed by atoms with Crippen molar-refractivity contribution in [3.63, 3.8) is 0 Å². The van der Waals surface area contributed by atoms with Crippen molar-refractivity contribution in [3.05, 3.63) is 11.6 Å². The molecule has 278 valence electrons. The summed E-state index contributed by atoms with van der Waals surface area (Å²) in [6.45, 7) is 5.51. The molecule has 0 aromatic carbocycles. The Labute approximate surface area is 285 Å². The van der Waals surface area contributed by atoms with E-state index in [0.29, 0.717) is 12.8 Å². The number of hydrogen-bond donors (Lipinski definition) is 8. The normalized spacial score (nSPS) is 56.0. The second-order valence-corrected chi connectivity index (χ2v) is 16.4. The monoisotopic (exact) mass is 698 g/mol. The number of aliphatic hydroxyl groups is 8. The third kappa shape index (κ3) is 5.56. The number of esters is 1. The van der Waals surface area contributed by atoms with Crippen LogP contribution in [0.15, 0.2) is 11.6 Å². The van der Waals surface area contributed by atoms with Gasteiger partial charge in [0.05, 0.1) is 30.5 Å². The predicted octanol–water partition coefficient (Wildman–Crippen LogP) is -0.749. The highest BCUT2D eigenvalue weighted by Crippen LogP contribution is 2.70. The van der Waals surface area contributed by atoms with E-state index in [4.69, 9.17) is 23.7 Å². The molecule has 0 bridgehead atoms. The lowest BCUT2D eigenvalue weighted by atomic mass is 9.42. The Bertz CT molecular complexity index is 1280. The van der Waals surface area contributed by atoms with Crippen LogP contribution in [0.5, 0.6) is 0 Å². The van der Waals surface area contributed by atoms with Gasteiger partial charge in [0.15, 0.2) is 12.6 Å². The number of ether oxygens (including phenoxy) is 5. The van der Waals surface area contributed by atoms with Crippen LogP contribution < -0.4 is 0 Å². The molecule has 7 aliphatic rings. The van der Waals surface area contributed by atoms with E-state index in [9.17, 15) is 45.6 Å². The molecule has 7 rings (SSSR count). The highest BCUT2D eigenvalue weighted by Gasteiger charge is 2.69. The SMILES string of the molecule is C[C@@H]1O[C@@H](O[C@@H]2C[C@H]3CC[C@@H]4C(CC[C@]5(C)C(C6=CC(=O)OC6)CC[C@]45O)[C@@]3(C)[C@H](O)C2)[C@H](O[C@@H]2O[C@H](CO)[C@@H](O)[C@H](O)[C@H]2O)[C@H](O)[C@@H]1O. The van der Waals surface area contributed by atoms with E-state index in [1.165, 1.54) is 0 Å². The first-order chi connectivity index (χ1) is 23.1. The lowest BCUT2D eigenvalue weighted by Gasteiger charge is -2.64. The van der Waals surface area contributed by atoms with Crippen molar-refractivity contribution in [2.24, 2.45) is 34.5 Å². The molecule has 0 spiro atoms. The van der Waals surface area contributed by atoms with E-state index in [0.717, 1.165) is 37.7 Å². The summed E-state index contributed by atoms with van der Waals surface area (Å²) in [7, 11) is 0. The van der Waals surface area contributed by atoms with Crippen LogP contribution in [0.2, 0.25) is 0 Å². The van der Waals surface area contributed by atoms with Crippen molar-refractivity contribution in [1.82, 2.24) is 0 Å². The molecule has 3 aliphatic heterocycles. The number of aliphatic hydroxyl groups excluding tert-OH is 7. The number of fused-ring (bicyclic) bond motifs is 5. The Morgan fingerprint density at radius 3 is 2.29 bits per heavy atom. The molecule has 2 unspecified atom stereocenters. The fourth-order valence-corrected chi connectivity index (χ4v) is 11.3. The zero-order valence-corrected chi connectivity index (χ0v) is 28.4. The van der Waals surface area contributed by atoms with E-state index < -0.39 is 96.7 Å². The van der Waals surface area contributed by atoms with E-state index in [1.807, 2.05) is 0 Å². The zero-order valence-electron chi connectivity index (χ0n) is 28.4. The molecule has 14 heteroatoms. The molecule has 19 atom stereocenters. The first-order valence-electron chi connectivity index (χ1n) is 18.0. The zero-order chi connectivity index (χ0) is 35.2. The second-order valence-electron chi connectivity index (χ2n) is 16.4. The Morgan fingerprint density at radius 1 is 0.837 bits per heavy atom. The van der Waals surface area contributed by atoms with Gasteiger partial charge >= 0.3 is 5.97 Å². The molecule has 0 amide bonds. The second kappa shape index (κ2) is 13.0. The standard InChI is InChI=1S/C35H54O14/c1-15-25(39)28(42)30(49-31-29(43)27(41)26(40)22(13-36)48-31)32(46-15)47-18-11-17-4-5-21-20(34(17,3)23(37)12-18)6-8-33(2)19(7-9-35(21,33)44)16-10-24(38)45-14-16/h10,15,17-23,25-32,36-37,39-44H,4-9,11-14H2,1-3H3/t15-,17+,18+,19?,20?,21+,22+,23+,25+,26+,27-,28+,29+,30+,31-,32-,33+,34-,35-/m0/s1. The maximum Gasteiger partial charge on any atom is 0.331 e. The first-order valence-corrected chi connectivity index (χ1v) is 18.0. The first kappa shape index (κ1) is 36.1. The van der Waals surface area contributed by atoms with Gasteiger partial charge in [-0.2, -0.15) is 0 Å². The van der Waals surface area contributed by atoms with Crippen molar-refractivity contribution < 1.29 is 69.3 Å². The Morgan fingerprint density at radius 2 is 1.59 bits per heavy atom. The lowest BCUT2D eigenvalue weighted by Crippen LogP contribution is -2.66. The number of carbonyl (C=O) groups is 1. The Hall–Kier alpha value is -1.27. The maximum absolute atomic E-state index is 12.5. The molecule has 4 saturated carbocycles. The molecule has 3 heterocycles. The molecule has 2 saturated heterocycles. The van der Waals surface area contributed by atoms with Gasteiger partial charge in [-0.15, -0.1) is 0 Å². The minimum atomic E-state index is -1.73. The molecule has 49 heavy (non-hydrogen) atoms. The minimum absolute atomic E-state index is 0.00118. The molecule has 0 aromatic rings. The predicted molar refractivity (Wildman–Crippen MR) is 167 cm³/mol. The van der Waals surface area contributed by atoms with Gasteiger partial charge in [-0.25, -0.2) is 4.79 Å². The van der Waals surface area contributed by atoms with Gasteiger partial charge < -0.3 is 64.5 Å². The van der Waals surface area contributed by atoms with E-state index >= 15 is 0 Å². The number of carbonyl (C=O) groups excluding carboxylic acids is 1. The van der Waals surface area contributed by atoms with Gasteiger partial charge in [0.25, 0.3) is 0 Å². The highest BCUT2D eigenvalue weighted by molar-refractivity contribution is 5.85. The van der Waals surface area contributed by atoms with Crippen LogP contribution in [0.3, 0.4) is 0 Å². The number of hydrogen-bond acceptors (Lipinski definition) is 14. The van der Waals surface area contributed by atoms with Crippen molar-refractivity contribution in [2.75, 3.05) is 13.2 Å². The molecule has 14 nitrogen and oxygen atoms in total. The molecule has 0 radical (unpaired) electrons. The van der Waals surface area contributed by atoms with Crippen LogP contribution in [0.1, 0.15) is 72.1 Å². The van der Waals surface area contributed by atoms with Crippen molar-refractivity contribution in [3.8, 4) is 0 Å². The molecular weight excluding hydrogens is 644 g/mol. The fraction of sp³-hybridized carbons (Fsp3) is 0.914. The molecule has 0 aromatic heterocycles. The summed E-state index contributed by atoms with van der Waals surface area (Å²) in [6.07, 6.45) is -8.43. The van der Waals surface area contributed by atoms with Crippen LogP contribution in [-0.2, 0) is 28.5 Å². The number of cyclic esters (lactones) is 1. The Balaban J connectivity index is 1.06. The van der Waals surface area contributed by atoms with Gasteiger partial charge in [-0.1, -0.05) is 13.8 Å². The van der Waals surface area contributed by atoms with Gasteiger partial charge in [-0.05, 0) is 86.5 Å². The summed E-state index contributed by atoms with van der Waals surface area (Å²) in [5, 5.41) is 86.8. The van der Waals surface area contributed by atoms with E-state index in [-0.39, 0.29) is 42.7 Å². The number of rotatable bonds is 6. The van der Waals surface area contributed by atoms with Gasteiger partial charge in [0.2, 0.25) is 0 Å². The third-order valence-electron chi connectivity index (χ3n) is 14.3. The Kier molecular flexibility index (Phi) is 9.57. The summed E-state index contributed by atoms with van der Waals surface area (Å²) in [6, 6.07) is 0. The summed E-state index contributed by atoms with van der Waals surface area (Å²) in [5.41, 5.74) is -0.817. The summed E-state index contributed by atoms with van der Waals surface area (Å²) < 4.78 is 29.0.